The molecule has 1 fully saturated rings. The van der Waals surface area contributed by atoms with Crippen LogP contribution in [0.15, 0.2) is 116 Å². The molecular weight excluding hydrogens is 496 g/mol. The molecule has 6 heteroatoms. The first kappa shape index (κ1) is 29.0. The molecule has 0 saturated carbocycles. The minimum Gasteiger partial charge on any atom is -0.489 e. The number of nitrogens with zero attached hydrogens (tertiary/aromatic N) is 1. The average molecular weight is 528 g/mol. The molecule has 4 nitrogen and oxygen atoms in total. The zero-order valence-corrected chi connectivity index (χ0v) is 22.0. The molecule has 0 unspecified atom stereocenters. The zero-order valence-electron chi connectivity index (χ0n) is 22.0. The monoisotopic (exact) mass is 527 g/mol. The van der Waals surface area contributed by atoms with E-state index in [9.17, 15) is 18.4 Å². The van der Waals surface area contributed by atoms with Gasteiger partial charge in [0.25, 0.3) is 0 Å². The fraction of sp³-hybridized carbons (Fsp3) is 0.152. The van der Waals surface area contributed by atoms with Gasteiger partial charge in [-0.25, -0.2) is 8.78 Å². The van der Waals surface area contributed by atoms with Crippen LogP contribution in [0, 0.1) is 11.6 Å². The van der Waals surface area contributed by atoms with Crippen LogP contribution in [0.5, 0.6) is 5.75 Å². The van der Waals surface area contributed by atoms with E-state index in [1.54, 1.807) is 17.0 Å². The quantitative estimate of drug-likeness (QED) is 0.139. The molecule has 1 atom stereocenters. The Bertz CT molecular complexity index is 1350. The average Bonchev–Trinajstić information content (AvgIpc) is 2.98. The Balaban J connectivity index is 0.000000272. The van der Waals surface area contributed by atoms with Crippen molar-refractivity contribution >= 4 is 17.4 Å². The molecule has 1 aliphatic rings. The summed E-state index contributed by atoms with van der Waals surface area (Å²) in [5.41, 5.74) is 3.34. The normalized spacial score (nSPS) is 13.6. The topological polar surface area (TPSA) is 46.6 Å². The standard InChI is InChI=1S/C22H18FNO2.C9H7FO.C2H6/c23-18-8-10-19(11-9-18)24-21(14-22(24)25)17-6-12-20(13-7-17)26-15-16-4-2-1-3-5-16;1-2-9(11)7-3-5-8(10)6-4-7;1-2/h1-13,21H,14-15H2;2-6H,1H2;1-2H3/t21-;;/m0../s1. The Hall–Kier alpha value is -4.58. The van der Waals surface area contributed by atoms with E-state index in [0.717, 1.165) is 22.6 Å². The number of allylic oxidation sites excluding steroid dienone is 1. The summed E-state index contributed by atoms with van der Waals surface area (Å²) in [7, 11) is 0. The van der Waals surface area contributed by atoms with E-state index >= 15 is 0 Å². The van der Waals surface area contributed by atoms with Gasteiger partial charge in [-0.05, 0) is 77.9 Å². The molecule has 200 valence electrons. The highest BCUT2D eigenvalue weighted by Gasteiger charge is 2.38. The summed E-state index contributed by atoms with van der Waals surface area (Å²) in [6.07, 6.45) is 1.66. The molecular formula is C33H31F2NO3. The number of carbonyl (C=O) groups excluding carboxylic acids is 2. The zero-order chi connectivity index (χ0) is 28.2. The molecule has 1 saturated heterocycles. The SMILES string of the molecule is C=CC(=O)c1ccc(F)cc1.CC.O=C1C[C@@H](c2ccc(OCc3ccccc3)cc2)N1c1ccc(F)cc1. The number of hydrogen-bond donors (Lipinski definition) is 0. The summed E-state index contributed by atoms with van der Waals surface area (Å²) in [6.45, 7) is 7.83. The minimum atomic E-state index is -0.342. The molecule has 4 aromatic carbocycles. The van der Waals surface area contributed by atoms with Crippen LogP contribution in [0.2, 0.25) is 0 Å². The third-order valence-electron chi connectivity index (χ3n) is 5.88. The largest absolute Gasteiger partial charge is 0.489 e. The lowest BCUT2D eigenvalue weighted by Gasteiger charge is -2.40. The van der Waals surface area contributed by atoms with Crippen molar-refractivity contribution in [2.24, 2.45) is 0 Å². The maximum absolute atomic E-state index is 13.1. The minimum absolute atomic E-state index is 0.0175. The lowest BCUT2D eigenvalue weighted by Crippen LogP contribution is -2.46. The summed E-state index contributed by atoms with van der Waals surface area (Å²) in [5.74, 6) is -0.00333. The Labute approximate surface area is 228 Å². The third-order valence-corrected chi connectivity index (χ3v) is 5.88. The van der Waals surface area contributed by atoms with Gasteiger partial charge >= 0.3 is 0 Å². The highest BCUT2D eigenvalue weighted by molar-refractivity contribution is 6.04. The van der Waals surface area contributed by atoms with Crippen LogP contribution < -0.4 is 9.64 Å². The van der Waals surface area contributed by atoms with Crippen molar-refractivity contribution in [2.75, 3.05) is 4.90 Å². The van der Waals surface area contributed by atoms with E-state index in [4.69, 9.17) is 4.74 Å². The summed E-state index contributed by atoms with van der Waals surface area (Å²) in [4.78, 5) is 24.6. The molecule has 1 amide bonds. The first-order valence-corrected chi connectivity index (χ1v) is 12.7. The van der Waals surface area contributed by atoms with Crippen LogP contribution in [0.4, 0.5) is 14.5 Å². The van der Waals surface area contributed by atoms with Gasteiger partial charge in [0.2, 0.25) is 5.91 Å². The number of halogens is 2. The van der Waals surface area contributed by atoms with Crippen molar-refractivity contribution in [1.82, 2.24) is 0 Å². The Kier molecular flexibility index (Phi) is 10.7. The van der Waals surface area contributed by atoms with E-state index in [0.29, 0.717) is 18.6 Å². The highest BCUT2D eigenvalue weighted by atomic mass is 19.1. The fourth-order valence-electron chi connectivity index (χ4n) is 3.87. The first-order valence-electron chi connectivity index (χ1n) is 12.7. The molecule has 4 aromatic rings. The second-order valence-electron chi connectivity index (χ2n) is 8.38. The molecule has 1 heterocycles. The van der Waals surface area contributed by atoms with Gasteiger partial charge in [0.15, 0.2) is 5.78 Å². The van der Waals surface area contributed by atoms with Crippen molar-refractivity contribution in [2.45, 2.75) is 32.9 Å². The van der Waals surface area contributed by atoms with Crippen molar-refractivity contribution in [3.05, 3.63) is 144 Å². The summed E-state index contributed by atoms with van der Waals surface area (Å²) in [5, 5.41) is 0. The van der Waals surface area contributed by atoms with Crippen LogP contribution in [0.25, 0.3) is 0 Å². The number of β-lactam (4-membered cyclic amide) rings is 1. The third kappa shape index (κ3) is 7.95. The van der Waals surface area contributed by atoms with Crippen LogP contribution >= 0.6 is 0 Å². The first-order chi connectivity index (χ1) is 18.9. The molecule has 5 rings (SSSR count). The lowest BCUT2D eigenvalue weighted by molar-refractivity contribution is -0.124. The number of amides is 1. The number of hydrogen-bond acceptors (Lipinski definition) is 3. The van der Waals surface area contributed by atoms with Gasteiger partial charge in [0.1, 0.15) is 24.0 Å². The fourth-order valence-corrected chi connectivity index (χ4v) is 3.87. The summed E-state index contributed by atoms with van der Waals surface area (Å²) in [6, 6.07) is 29.1. The van der Waals surface area contributed by atoms with E-state index < -0.39 is 0 Å². The van der Waals surface area contributed by atoms with E-state index in [-0.39, 0.29) is 29.4 Å². The number of anilines is 1. The van der Waals surface area contributed by atoms with Gasteiger partial charge in [0.05, 0.1) is 12.5 Å². The Morgan fingerprint density at radius 1 is 0.872 bits per heavy atom. The molecule has 0 spiro atoms. The summed E-state index contributed by atoms with van der Waals surface area (Å²) < 4.78 is 31.2. The Morgan fingerprint density at radius 2 is 1.44 bits per heavy atom. The molecule has 0 radical (unpaired) electrons. The van der Waals surface area contributed by atoms with Gasteiger partial charge in [-0.1, -0.05) is 62.9 Å². The predicted molar refractivity (Wildman–Crippen MR) is 151 cm³/mol. The van der Waals surface area contributed by atoms with Crippen molar-refractivity contribution in [3.63, 3.8) is 0 Å². The van der Waals surface area contributed by atoms with Gasteiger partial charge in [-0.3, -0.25) is 9.59 Å². The second-order valence-corrected chi connectivity index (χ2v) is 8.38. The maximum atomic E-state index is 13.1. The van der Waals surface area contributed by atoms with Crippen molar-refractivity contribution in [1.29, 1.82) is 0 Å². The Morgan fingerprint density at radius 3 is 1.97 bits per heavy atom. The van der Waals surface area contributed by atoms with E-state index in [1.165, 1.54) is 42.5 Å². The predicted octanol–water partition coefficient (Wildman–Crippen LogP) is 8.10. The second kappa shape index (κ2) is 14.4. The number of benzene rings is 4. The summed E-state index contributed by atoms with van der Waals surface area (Å²) >= 11 is 0. The van der Waals surface area contributed by atoms with Crippen molar-refractivity contribution in [3.8, 4) is 5.75 Å². The number of carbonyl (C=O) groups is 2. The number of ether oxygens (including phenoxy) is 1. The van der Waals surface area contributed by atoms with Gasteiger partial charge in [0, 0.05) is 11.3 Å². The molecule has 39 heavy (non-hydrogen) atoms. The van der Waals surface area contributed by atoms with Crippen LogP contribution in [0.3, 0.4) is 0 Å². The van der Waals surface area contributed by atoms with Crippen LogP contribution in [-0.2, 0) is 11.4 Å². The number of ketones is 1. The van der Waals surface area contributed by atoms with Gasteiger partial charge in [-0.15, -0.1) is 0 Å². The van der Waals surface area contributed by atoms with Gasteiger partial charge in [-0.2, -0.15) is 0 Å². The molecule has 0 aromatic heterocycles. The smallest absolute Gasteiger partial charge is 0.230 e. The molecule has 0 aliphatic carbocycles. The maximum Gasteiger partial charge on any atom is 0.230 e. The highest BCUT2D eigenvalue weighted by Crippen LogP contribution is 2.39. The van der Waals surface area contributed by atoms with Gasteiger partial charge < -0.3 is 9.64 Å². The van der Waals surface area contributed by atoms with Crippen molar-refractivity contribution < 1.29 is 23.1 Å². The van der Waals surface area contributed by atoms with Crippen LogP contribution in [-0.4, -0.2) is 11.7 Å². The molecule has 0 N–H and O–H groups in total. The molecule has 1 aliphatic heterocycles. The van der Waals surface area contributed by atoms with E-state index in [2.05, 4.69) is 6.58 Å². The van der Waals surface area contributed by atoms with Crippen LogP contribution in [0.1, 0.15) is 47.8 Å². The van der Waals surface area contributed by atoms with E-state index in [1.807, 2.05) is 68.4 Å². The number of rotatable bonds is 7. The lowest BCUT2D eigenvalue weighted by atomic mass is 9.93. The molecule has 0 bridgehead atoms.